The van der Waals surface area contributed by atoms with Gasteiger partial charge in [0.25, 0.3) is 5.91 Å². The zero-order valence-corrected chi connectivity index (χ0v) is 13.0. The van der Waals surface area contributed by atoms with Gasteiger partial charge in [-0.25, -0.2) is 0 Å². The number of benzene rings is 1. The Kier molecular flexibility index (Phi) is 5.86. The SMILES string of the molecule is O=C(COc1cccc(Br)c1)N(CCCO)C1CCC1. The normalized spacial score (nSPS) is 14.7. The third-order valence-electron chi connectivity index (χ3n) is 3.55. The summed E-state index contributed by atoms with van der Waals surface area (Å²) in [5, 5.41) is 8.93. The first-order chi connectivity index (χ1) is 9.70. The van der Waals surface area contributed by atoms with E-state index in [1.165, 1.54) is 6.42 Å². The monoisotopic (exact) mass is 341 g/mol. The number of aliphatic hydroxyl groups excluding tert-OH is 1. The average Bonchev–Trinajstić information content (AvgIpc) is 2.38. The predicted molar refractivity (Wildman–Crippen MR) is 80.7 cm³/mol. The molecule has 5 heteroatoms. The minimum atomic E-state index is 0.00289. The summed E-state index contributed by atoms with van der Waals surface area (Å²) < 4.78 is 6.47. The van der Waals surface area contributed by atoms with Crippen molar-refractivity contribution < 1.29 is 14.6 Å². The highest BCUT2D eigenvalue weighted by atomic mass is 79.9. The Hall–Kier alpha value is -1.07. The number of carbonyl (C=O) groups is 1. The number of aliphatic hydroxyl groups is 1. The molecular formula is C15H20BrNO3. The Morgan fingerprint density at radius 3 is 2.85 bits per heavy atom. The van der Waals surface area contributed by atoms with Crippen LogP contribution in [0.2, 0.25) is 0 Å². The van der Waals surface area contributed by atoms with Gasteiger partial charge in [0.1, 0.15) is 5.75 Å². The lowest BCUT2D eigenvalue weighted by Gasteiger charge is -2.37. The minimum Gasteiger partial charge on any atom is -0.484 e. The van der Waals surface area contributed by atoms with Crippen molar-refractivity contribution in [3.8, 4) is 5.75 Å². The molecule has 1 fully saturated rings. The molecule has 0 radical (unpaired) electrons. The Labute approximate surface area is 127 Å². The summed E-state index contributed by atoms with van der Waals surface area (Å²) in [4.78, 5) is 14.1. The van der Waals surface area contributed by atoms with Crippen molar-refractivity contribution in [2.24, 2.45) is 0 Å². The van der Waals surface area contributed by atoms with Gasteiger partial charge in [-0.05, 0) is 43.9 Å². The summed E-state index contributed by atoms with van der Waals surface area (Å²) in [7, 11) is 0. The molecule has 2 rings (SSSR count). The Morgan fingerprint density at radius 1 is 1.45 bits per heavy atom. The van der Waals surface area contributed by atoms with E-state index in [9.17, 15) is 4.79 Å². The number of hydrogen-bond donors (Lipinski definition) is 1. The summed E-state index contributed by atoms with van der Waals surface area (Å²) >= 11 is 3.37. The lowest BCUT2D eigenvalue weighted by molar-refractivity contribution is -0.137. The fourth-order valence-corrected chi connectivity index (χ4v) is 2.61. The average molecular weight is 342 g/mol. The molecule has 0 bridgehead atoms. The highest BCUT2D eigenvalue weighted by Gasteiger charge is 2.28. The summed E-state index contributed by atoms with van der Waals surface area (Å²) in [6, 6.07) is 7.80. The van der Waals surface area contributed by atoms with Crippen LogP contribution >= 0.6 is 15.9 Å². The van der Waals surface area contributed by atoms with E-state index in [1.54, 1.807) is 0 Å². The molecule has 1 aromatic carbocycles. The maximum absolute atomic E-state index is 12.2. The number of amides is 1. The molecule has 0 aromatic heterocycles. The largest absolute Gasteiger partial charge is 0.484 e. The second-order valence-electron chi connectivity index (χ2n) is 5.00. The maximum atomic E-state index is 12.2. The van der Waals surface area contributed by atoms with Crippen LogP contribution in [0.3, 0.4) is 0 Å². The lowest BCUT2D eigenvalue weighted by Crippen LogP contribution is -2.46. The smallest absolute Gasteiger partial charge is 0.260 e. The Bertz CT molecular complexity index is 448. The van der Waals surface area contributed by atoms with Gasteiger partial charge in [0.05, 0.1) is 0 Å². The molecule has 110 valence electrons. The van der Waals surface area contributed by atoms with Gasteiger partial charge in [0.15, 0.2) is 6.61 Å². The van der Waals surface area contributed by atoms with Crippen LogP contribution in [0.15, 0.2) is 28.7 Å². The summed E-state index contributed by atoms with van der Waals surface area (Å²) in [6.45, 7) is 0.781. The molecule has 0 spiro atoms. The van der Waals surface area contributed by atoms with E-state index in [2.05, 4.69) is 15.9 Å². The molecule has 20 heavy (non-hydrogen) atoms. The van der Waals surface area contributed by atoms with Gasteiger partial charge in [-0.2, -0.15) is 0 Å². The van der Waals surface area contributed by atoms with Gasteiger partial charge < -0.3 is 14.7 Å². The van der Waals surface area contributed by atoms with E-state index in [1.807, 2.05) is 29.2 Å². The molecule has 0 saturated heterocycles. The fourth-order valence-electron chi connectivity index (χ4n) is 2.24. The van der Waals surface area contributed by atoms with Crippen molar-refractivity contribution in [2.75, 3.05) is 19.8 Å². The fraction of sp³-hybridized carbons (Fsp3) is 0.533. The van der Waals surface area contributed by atoms with E-state index < -0.39 is 0 Å². The quantitative estimate of drug-likeness (QED) is 0.829. The summed E-state index contributed by atoms with van der Waals surface area (Å²) in [5.41, 5.74) is 0. The first-order valence-electron chi connectivity index (χ1n) is 6.99. The number of ether oxygens (including phenoxy) is 1. The van der Waals surface area contributed by atoms with Crippen molar-refractivity contribution in [3.63, 3.8) is 0 Å². The molecule has 1 N–H and O–H groups in total. The van der Waals surface area contributed by atoms with Gasteiger partial charge in [-0.1, -0.05) is 22.0 Å². The first kappa shape index (κ1) is 15.3. The van der Waals surface area contributed by atoms with Crippen LogP contribution in [0, 0.1) is 0 Å². The molecule has 1 aliphatic rings. The van der Waals surface area contributed by atoms with Crippen molar-refractivity contribution in [2.45, 2.75) is 31.7 Å². The van der Waals surface area contributed by atoms with Crippen molar-refractivity contribution >= 4 is 21.8 Å². The standard InChI is InChI=1S/C15H20BrNO3/c16-12-4-1-7-14(10-12)20-11-15(19)17(8-3-9-18)13-5-2-6-13/h1,4,7,10,13,18H,2-3,5-6,8-9,11H2. The Balaban J connectivity index is 1.87. The zero-order chi connectivity index (χ0) is 14.4. The summed E-state index contributed by atoms with van der Waals surface area (Å²) in [5.74, 6) is 0.687. The number of carbonyl (C=O) groups excluding carboxylic acids is 1. The van der Waals surface area contributed by atoms with Crippen LogP contribution in [0.4, 0.5) is 0 Å². The third-order valence-corrected chi connectivity index (χ3v) is 4.04. The van der Waals surface area contributed by atoms with Gasteiger partial charge in [0.2, 0.25) is 0 Å². The maximum Gasteiger partial charge on any atom is 0.260 e. The van der Waals surface area contributed by atoms with Gasteiger partial charge in [0, 0.05) is 23.7 Å². The number of halogens is 1. The van der Waals surface area contributed by atoms with Crippen LogP contribution in [0.5, 0.6) is 5.75 Å². The van der Waals surface area contributed by atoms with Crippen LogP contribution < -0.4 is 4.74 Å². The van der Waals surface area contributed by atoms with E-state index >= 15 is 0 Å². The number of rotatable bonds is 7. The van der Waals surface area contributed by atoms with E-state index in [0.29, 0.717) is 24.8 Å². The summed E-state index contributed by atoms with van der Waals surface area (Å²) in [6.07, 6.45) is 3.93. The molecule has 0 heterocycles. The molecule has 1 aliphatic carbocycles. The van der Waals surface area contributed by atoms with Crippen molar-refractivity contribution in [1.82, 2.24) is 4.90 Å². The zero-order valence-electron chi connectivity index (χ0n) is 11.4. The van der Waals surface area contributed by atoms with Gasteiger partial charge >= 0.3 is 0 Å². The molecule has 0 unspecified atom stereocenters. The van der Waals surface area contributed by atoms with E-state index in [0.717, 1.165) is 17.3 Å². The molecule has 1 amide bonds. The van der Waals surface area contributed by atoms with Crippen LogP contribution in [-0.4, -0.2) is 41.7 Å². The molecular weight excluding hydrogens is 322 g/mol. The molecule has 1 aromatic rings. The predicted octanol–water partition coefficient (Wildman–Crippen LogP) is 2.59. The second kappa shape index (κ2) is 7.64. The third kappa shape index (κ3) is 4.21. The molecule has 0 aliphatic heterocycles. The van der Waals surface area contributed by atoms with E-state index in [4.69, 9.17) is 9.84 Å². The topological polar surface area (TPSA) is 49.8 Å². The number of nitrogens with zero attached hydrogens (tertiary/aromatic N) is 1. The van der Waals surface area contributed by atoms with Gasteiger partial charge in [-0.3, -0.25) is 4.79 Å². The lowest BCUT2D eigenvalue weighted by atomic mass is 9.91. The second-order valence-corrected chi connectivity index (χ2v) is 5.91. The highest BCUT2D eigenvalue weighted by molar-refractivity contribution is 9.10. The van der Waals surface area contributed by atoms with Gasteiger partial charge in [-0.15, -0.1) is 0 Å². The van der Waals surface area contributed by atoms with Crippen LogP contribution in [0.25, 0.3) is 0 Å². The van der Waals surface area contributed by atoms with Crippen molar-refractivity contribution in [1.29, 1.82) is 0 Å². The van der Waals surface area contributed by atoms with Crippen molar-refractivity contribution in [3.05, 3.63) is 28.7 Å². The number of hydrogen-bond acceptors (Lipinski definition) is 3. The molecule has 4 nitrogen and oxygen atoms in total. The Morgan fingerprint density at radius 2 is 2.25 bits per heavy atom. The van der Waals surface area contributed by atoms with Crippen LogP contribution in [0.1, 0.15) is 25.7 Å². The minimum absolute atomic E-state index is 0.00289. The highest BCUT2D eigenvalue weighted by Crippen LogP contribution is 2.25. The van der Waals surface area contributed by atoms with E-state index in [-0.39, 0.29) is 19.1 Å². The molecule has 1 saturated carbocycles. The van der Waals surface area contributed by atoms with Crippen LogP contribution in [-0.2, 0) is 4.79 Å². The first-order valence-corrected chi connectivity index (χ1v) is 7.78. The molecule has 0 atom stereocenters.